The van der Waals surface area contributed by atoms with E-state index in [4.69, 9.17) is 4.42 Å². The van der Waals surface area contributed by atoms with E-state index >= 15 is 0 Å². The van der Waals surface area contributed by atoms with E-state index in [0.29, 0.717) is 24.5 Å². The van der Waals surface area contributed by atoms with Crippen LogP contribution in [0.2, 0.25) is 0 Å². The Morgan fingerprint density at radius 3 is 2.85 bits per heavy atom. The second kappa shape index (κ2) is 9.09. The van der Waals surface area contributed by atoms with Crippen molar-refractivity contribution < 1.29 is 17.6 Å². The van der Waals surface area contributed by atoms with Gasteiger partial charge in [0.2, 0.25) is 10.0 Å². The molecule has 2 aromatic carbocycles. The van der Waals surface area contributed by atoms with E-state index < -0.39 is 10.0 Å². The average Bonchev–Trinajstić information content (AvgIpc) is 3.52. The van der Waals surface area contributed by atoms with Crippen LogP contribution >= 0.6 is 11.3 Å². The molecule has 3 heterocycles. The largest absolute Gasteiger partial charge is 0.440 e. The van der Waals surface area contributed by atoms with Gasteiger partial charge < -0.3 is 9.32 Å². The number of piperidine rings is 1. The normalized spacial score (nSPS) is 16.8. The summed E-state index contributed by atoms with van der Waals surface area (Å²) in [5, 5.41) is 1.90. The Balaban J connectivity index is 1.31. The summed E-state index contributed by atoms with van der Waals surface area (Å²) in [6, 6.07) is 17.6. The second-order valence-electron chi connectivity index (χ2n) is 8.04. The van der Waals surface area contributed by atoms with Gasteiger partial charge in [-0.1, -0.05) is 24.3 Å². The number of aromatic nitrogens is 1. The minimum Gasteiger partial charge on any atom is -0.440 e. The maximum absolute atomic E-state index is 13.2. The minimum absolute atomic E-state index is 0.00878. The van der Waals surface area contributed by atoms with E-state index in [-0.39, 0.29) is 23.3 Å². The highest BCUT2D eigenvalue weighted by Crippen LogP contribution is 2.30. The third-order valence-electron chi connectivity index (χ3n) is 5.78. The summed E-state index contributed by atoms with van der Waals surface area (Å²) in [6.07, 6.45) is 1.72. The number of thiophene rings is 1. The van der Waals surface area contributed by atoms with Gasteiger partial charge in [-0.25, -0.2) is 18.1 Å². The van der Waals surface area contributed by atoms with Crippen molar-refractivity contribution in [1.29, 1.82) is 0 Å². The van der Waals surface area contributed by atoms with Gasteiger partial charge in [-0.15, -0.1) is 11.3 Å². The molecule has 1 saturated heterocycles. The van der Waals surface area contributed by atoms with Gasteiger partial charge in [0.05, 0.1) is 10.8 Å². The van der Waals surface area contributed by atoms with E-state index in [1.54, 1.807) is 17.0 Å². The molecule has 1 amide bonds. The van der Waals surface area contributed by atoms with E-state index in [9.17, 15) is 13.2 Å². The molecule has 1 fully saturated rings. The minimum atomic E-state index is -3.73. The first-order valence-corrected chi connectivity index (χ1v) is 13.1. The molecule has 1 unspecified atom stereocenters. The molecular formula is C24H23N3O4S2. The Morgan fingerprint density at radius 2 is 2.03 bits per heavy atom. The number of hydrogen-bond donors (Lipinski definition) is 1. The summed E-state index contributed by atoms with van der Waals surface area (Å²) in [4.78, 5) is 20.6. The molecule has 9 heteroatoms. The molecule has 2 aromatic heterocycles. The number of hydrogen-bond acceptors (Lipinski definition) is 6. The number of benzene rings is 2. The molecule has 33 heavy (non-hydrogen) atoms. The van der Waals surface area contributed by atoms with Gasteiger partial charge in [-0.3, -0.25) is 4.79 Å². The molecule has 1 aliphatic heterocycles. The van der Waals surface area contributed by atoms with Crippen molar-refractivity contribution in [3.63, 3.8) is 0 Å². The first-order valence-electron chi connectivity index (χ1n) is 10.8. The molecule has 0 aliphatic carbocycles. The van der Waals surface area contributed by atoms with Gasteiger partial charge in [-0.2, -0.15) is 0 Å². The fraction of sp³-hybridized carbons (Fsp3) is 0.250. The highest BCUT2D eigenvalue weighted by molar-refractivity contribution is 7.89. The van der Waals surface area contributed by atoms with Crippen LogP contribution in [0.5, 0.6) is 0 Å². The number of rotatable bonds is 6. The highest BCUT2D eigenvalue weighted by Gasteiger charge is 2.29. The van der Waals surface area contributed by atoms with Crippen molar-refractivity contribution in [1.82, 2.24) is 14.6 Å². The molecule has 0 radical (unpaired) electrons. The lowest BCUT2D eigenvalue weighted by Gasteiger charge is -2.31. The highest BCUT2D eigenvalue weighted by atomic mass is 32.2. The second-order valence-corrected chi connectivity index (χ2v) is 10.8. The fourth-order valence-electron chi connectivity index (χ4n) is 4.07. The van der Waals surface area contributed by atoms with E-state index in [2.05, 4.69) is 9.71 Å². The van der Waals surface area contributed by atoms with Crippen molar-refractivity contribution in [2.75, 3.05) is 13.1 Å². The standard InChI is InChI=1S/C24H23N3O4S2/c28-24(17-6-3-9-20(14-17)33(29,30)25-15-19-8-5-13-32-19)27-12-4-7-18(16-27)23-26-21-10-1-2-11-22(21)31-23/h1-3,5-6,8-11,13-14,18,25H,4,7,12,15-16H2. The van der Waals surface area contributed by atoms with Crippen LogP contribution in [0.3, 0.4) is 0 Å². The van der Waals surface area contributed by atoms with E-state index in [1.807, 2.05) is 41.8 Å². The van der Waals surface area contributed by atoms with Gasteiger partial charge in [0.1, 0.15) is 5.52 Å². The zero-order valence-corrected chi connectivity index (χ0v) is 19.4. The summed E-state index contributed by atoms with van der Waals surface area (Å²) in [7, 11) is -3.73. The first-order chi connectivity index (χ1) is 16.0. The number of para-hydroxylation sites is 2. The van der Waals surface area contributed by atoms with Crippen LogP contribution in [-0.2, 0) is 16.6 Å². The van der Waals surface area contributed by atoms with Gasteiger partial charge in [0.15, 0.2) is 11.5 Å². The number of nitrogens with one attached hydrogen (secondary N) is 1. The molecule has 7 nitrogen and oxygen atoms in total. The van der Waals surface area contributed by atoms with Crippen molar-refractivity contribution in [3.05, 3.63) is 82.4 Å². The summed E-state index contributed by atoms with van der Waals surface area (Å²) >= 11 is 1.48. The van der Waals surface area contributed by atoms with Crippen molar-refractivity contribution in [3.8, 4) is 0 Å². The summed E-state index contributed by atoms with van der Waals surface area (Å²) in [5.74, 6) is 0.461. The number of fused-ring (bicyclic) bond motifs is 1. The summed E-state index contributed by atoms with van der Waals surface area (Å²) < 4.78 is 34.0. The molecule has 0 saturated carbocycles. The lowest BCUT2D eigenvalue weighted by atomic mass is 9.97. The third kappa shape index (κ3) is 4.71. The van der Waals surface area contributed by atoms with Crippen LogP contribution in [0.4, 0.5) is 0 Å². The SMILES string of the molecule is O=C(c1cccc(S(=O)(=O)NCc2cccs2)c1)N1CCCC(c2nc3ccccc3o2)C1. The molecule has 1 atom stereocenters. The molecule has 4 aromatic rings. The lowest BCUT2D eigenvalue weighted by molar-refractivity contribution is 0.0698. The smallest absolute Gasteiger partial charge is 0.253 e. The van der Waals surface area contributed by atoms with E-state index in [0.717, 1.165) is 28.8 Å². The van der Waals surface area contributed by atoms with Crippen molar-refractivity contribution >= 4 is 38.4 Å². The number of sulfonamides is 1. The number of nitrogens with zero attached hydrogens (tertiary/aromatic N) is 2. The van der Waals surface area contributed by atoms with Gasteiger partial charge in [0.25, 0.3) is 5.91 Å². The average molecular weight is 482 g/mol. The monoisotopic (exact) mass is 481 g/mol. The first kappa shape index (κ1) is 21.8. The zero-order valence-electron chi connectivity index (χ0n) is 17.8. The molecule has 0 spiro atoms. The predicted octanol–water partition coefficient (Wildman–Crippen LogP) is 4.39. The maximum atomic E-state index is 13.2. The van der Waals surface area contributed by atoms with Gasteiger partial charge >= 0.3 is 0 Å². The van der Waals surface area contributed by atoms with Crippen LogP contribution in [0.1, 0.15) is 39.9 Å². The number of carbonyl (C=O) groups is 1. The zero-order chi connectivity index (χ0) is 22.8. The van der Waals surface area contributed by atoms with Crippen LogP contribution in [0.25, 0.3) is 11.1 Å². The molecule has 0 bridgehead atoms. The summed E-state index contributed by atoms with van der Waals surface area (Å²) in [5.41, 5.74) is 1.90. The molecule has 1 aliphatic rings. The number of carbonyl (C=O) groups excluding carboxylic acids is 1. The van der Waals surface area contributed by atoms with Crippen molar-refractivity contribution in [2.24, 2.45) is 0 Å². The van der Waals surface area contributed by atoms with Crippen LogP contribution in [-0.4, -0.2) is 37.3 Å². The Labute approximate surface area is 196 Å². The predicted molar refractivity (Wildman–Crippen MR) is 127 cm³/mol. The molecule has 5 rings (SSSR count). The Morgan fingerprint density at radius 1 is 1.15 bits per heavy atom. The molecule has 170 valence electrons. The number of oxazole rings is 1. The summed E-state index contributed by atoms with van der Waals surface area (Å²) in [6.45, 7) is 1.32. The Hall–Kier alpha value is -3.01. The Kier molecular flexibility index (Phi) is 6.01. The molecular weight excluding hydrogens is 458 g/mol. The van der Waals surface area contributed by atoms with Crippen LogP contribution in [0.15, 0.2) is 75.4 Å². The van der Waals surface area contributed by atoms with Crippen LogP contribution in [0, 0.1) is 0 Å². The topological polar surface area (TPSA) is 92.5 Å². The van der Waals surface area contributed by atoms with Gasteiger partial charge in [-0.05, 0) is 54.6 Å². The van der Waals surface area contributed by atoms with E-state index in [1.165, 1.54) is 23.5 Å². The quantitative estimate of drug-likeness (QED) is 0.441. The fourth-order valence-corrected chi connectivity index (χ4v) is 5.86. The molecule has 1 N–H and O–H groups in total. The lowest BCUT2D eigenvalue weighted by Crippen LogP contribution is -2.39. The maximum Gasteiger partial charge on any atom is 0.253 e. The van der Waals surface area contributed by atoms with Gasteiger partial charge in [0, 0.05) is 30.1 Å². The van der Waals surface area contributed by atoms with Crippen LogP contribution < -0.4 is 4.72 Å². The van der Waals surface area contributed by atoms with Crippen molar-refractivity contribution in [2.45, 2.75) is 30.2 Å². The Bertz CT molecular complexity index is 1350. The third-order valence-corrected chi connectivity index (χ3v) is 8.05. The number of amides is 1. The number of likely N-dealkylation sites (tertiary alicyclic amines) is 1.